The van der Waals surface area contributed by atoms with Gasteiger partial charge in [0.2, 0.25) is 10.0 Å². The fraction of sp³-hybridized carbons (Fsp3) is 0.417. The van der Waals surface area contributed by atoms with Crippen LogP contribution in [0, 0.1) is 0 Å². The molecule has 1 aromatic rings. The van der Waals surface area contributed by atoms with Crippen molar-refractivity contribution in [2.45, 2.75) is 24.3 Å². The molecular weight excluding hydrogens is 254 g/mol. The van der Waals surface area contributed by atoms with Crippen molar-refractivity contribution >= 4 is 16.0 Å². The van der Waals surface area contributed by atoms with Gasteiger partial charge in [-0.15, -0.1) is 0 Å². The molecule has 2 atom stereocenters. The zero-order valence-corrected chi connectivity index (χ0v) is 11.1. The highest BCUT2D eigenvalue weighted by Crippen LogP contribution is 2.29. The van der Waals surface area contributed by atoms with Gasteiger partial charge in [0.15, 0.2) is 0 Å². The first-order valence-corrected chi connectivity index (χ1v) is 7.13. The van der Waals surface area contributed by atoms with Crippen LogP contribution in [0.1, 0.15) is 12.5 Å². The van der Waals surface area contributed by atoms with E-state index >= 15 is 0 Å². The Morgan fingerprint density at radius 1 is 1.39 bits per heavy atom. The first-order valence-electron chi connectivity index (χ1n) is 5.69. The summed E-state index contributed by atoms with van der Waals surface area (Å²) in [5.74, 6) is -0.510. The lowest BCUT2D eigenvalue weighted by molar-refractivity contribution is -0.140. The van der Waals surface area contributed by atoms with E-state index in [0.29, 0.717) is 0 Å². The van der Waals surface area contributed by atoms with Crippen molar-refractivity contribution in [3.63, 3.8) is 0 Å². The minimum atomic E-state index is -3.56. The Hall–Kier alpha value is -1.40. The van der Waals surface area contributed by atoms with Crippen LogP contribution in [0.25, 0.3) is 0 Å². The van der Waals surface area contributed by atoms with Gasteiger partial charge in [-0.1, -0.05) is 19.1 Å². The van der Waals surface area contributed by atoms with Crippen LogP contribution >= 0.6 is 0 Å². The second-order valence-electron chi connectivity index (χ2n) is 4.11. The molecule has 1 heterocycles. The van der Waals surface area contributed by atoms with Gasteiger partial charge in [-0.2, -0.15) is 4.31 Å². The van der Waals surface area contributed by atoms with Crippen molar-refractivity contribution in [1.82, 2.24) is 4.31 Å². The number of sulfonamides is 1. The van der Waals surface area contributed by atoms with Crippen LogP contribution in [-0.2, 0) is 26.0 Å². The average molecular weight is 269 g/mol. The average Bonchev–Trinajstić information content (AvgIpc) is 3.18. The highest BCUT2D eigenvalue weighted by Gasteiger charge is 2.50. The summed E-state index contributed by atoms with van der Waals surface area (Å²) >= 11 is 0. The zero-order valence-electron chi connectivity index (χ0n) is 10.3. The molecule has 0 amide bonds. The lowest BCUT2D eigenvalue weighted by Crippen LogP contribution is -2.20. The van der Waals surface area contributed by atoms with Crippen molar-refractivity contribution in [2.75, 3.05) is 13.7 Å². The van der Waals surface area contributed by atoms with Gasteiger partial charge in [0.05, 0.1) is 12.0 Å². The van der Waals surface area contributed by atoms with E-state index in [9.17, 15) is 13.2 Å². The molecule has 1 saturated heterocycles. The molecule has 18 heavy (non-hydrogen) atoms. The summed E-state index contributed by atoms with van der Waals surface area (Å²) < 4.78 is 30.0. The number of carbonyl (C=O) groups excluding carboxylic acids is 1. The maximum atomic E-state index is 12.1. The van der Waals surface area contributed by atoms with Gasteiger partial charge in [-0.3, -0.25) is 4.79 Å². The molecule has 0 spiro atoms. The second kappa shape index (κ2) is 4.70. The lowest BCUT2D eigenvalue weighted by Gasteiger charge is -2.06. The van der Waals surface area contributed by atoms with Gasteiger partial charge in [0.1, 0.15) is 6.04 Å². The van der Waals surface area contributed by atoms with E-state index in [1.165, 1.54) is 7.11 Å². The van der Waals surface area contributed by atoms with Crippen molar-refractivity contribution in [3.05, 3.63) is 29.8 Å². The fourth-order valence-electron chi connectivity index (χ4n) is 1.75. The zero-order chi connectivity index (χ0) is 13.3. The van der Waals surface area contributed by atoms with E-state index in [2.05, 4.69) is 4.74 Å². The van der Waals surface area contributed by atoms with Gasteiger partial charge in [-0.05, 0) is 24.1 Å². The van der Waals surface area contributed by atoms with E-state index < -0.39 is 22.0 Å². The molecule has 1 aromatic carbocycles. The lowest BCUT2D eigenvalue weighted by atomic mass is 10.2. The second-order valence-corrected chi connectivity index (χ2v) is 6.00. The number of esters is 1. The molecule has 0 aromatic heterocycles. The summed E-state index contributed by atoms with van der Waals surface area (Å²) in [6.45, 7) is 2.20. The van der Waals surface area contributed by atoms with Gasteiger partial charge >= 0.3 is 5.97 Å². The minimum Gasteiger partial charge on any atom is -0.468 e. The predicted molar refractivity (Wildman–Crippen MR) is 65.5 cm³/mol. The number of benzene rings is 1. The molecule has 0 saturated carbocycles. The van der Waals surface area contributed by atoms with Crippen LogP contribution < -0.4 is 0 Å². The van der Waals surface area contributed by atoms with Crippen molar-refractivity contribution in [1.29, 1.82) is 0 Å². The number of carbonyl (C=O) groups is 1. The highest BCUT2D eigenvalue weighted by molar-refractivity contribution is 7.89. The summed E-state index contributed by atoms with van der Waals surface area (Å²) in [5.41, 5.74) is 1.07. The Labute approximate surface area is 106 Å². The molecule has 1 fully saturated rings. The van der Waals surface area contributed by atoms with Crippen molar-refractivity contribution in [3.8, 4) is 0 Å². The molecular formula is C12H15NO4S. The molecule has 5 nitrogen and oxygen atoms in total. The number of aryl methyl sites for hydroxylation is 1. The third-order valence-electron chi connectivity index (χ3n) is 2.98. The number of hydrogen-bond donors (Lipinski definition) is 0. The Balaban J connectivity index is 2.19. The first kappa shape index (κ1) is 13.0. The minimum absolute atomic E-state index is 0.199. The molecule has 98 valence electrons. The SMILES string of the molecule is CCc1ccc(S(=O)(=O)N2CC2C(=O)OC)cc1. The van der Waals surface area contributed by atoms with Crippen LogP contribution in [-0.4, -0.2) is 38.4 Å². The van der Waals surface area contributed by atoms with Crippen LogP contribution in [0.15, 0.2) is 29.2 Å². The number of hydrogen-bond acceptors (Lipinski definition) is 4. The molecule has 0 bridgehead atoms. The van der Waals surface area contributed by atoms with Gasteiger partial charge < -0.3 is 4.74 Å². The Kier molecular flexibility index (Phi) is 3.41. The normalized spacial score (nSPS) is 22.6. The monoisotopic (exact) mass is 269 g/mol. The van der Waals surface area contributed by atoms with E-state index in [4.69, 9.17) is 0 Å². The summed E-state index contributed by atoms with van der Waals surface area (Å²) in [6.07, 6.45) is 0.856. The number of rotatable bonds is 4. The largest absolute Gasteiger partial charge is 0.468 e. The van der Waals surface area contributed by atoms with Crippen LogP contribution in [0.5, 0.6) is 0 Å². The van der Waals surface area contributed by atoms with Crippen LogP contribution in [0.3, 0.4) is 0 Å². The maximum absolute atomic E-state index is 12.1. The van der Waals surface area contributed by atoms with Gasteiger partial charge in [0.25, 0.3) is 0 Å². The summed E-state index contributed by atoms with van der Waals surface area (Å²) in [6, 6.07) is 6.04. The Morgan fingerprint density at radius 3 is 2.50 bits per heavy atom. The molecule has 2 unspecified atom stereocenters. The summed E-state index contributed by atoms with van der Waals surface area (Å²) in [4.78, 5) is 11.4. The van der Waals surface area contributed by atoms with E-state index in [1.807, 2.05) is 6.92 Å². The standard InChI is InChI=1S/C12H15NO4S/c1-3-9-4-6-10(7-5-9)18(15,16)13-8-11(13)12(14)17-2/h4-7,11H,3,8H2,1-2H3. The predicted octanol–water partition coefficient (Wildman–Crippen LogP) is 0.795. The van der Waals surface area contributed by atoms with Crippen molar-refractivity contribution < 1.29 is 17.9 Å². The van der Waals surface area contributed by atoms with Gasteiger partial charge in [-0.25, -0.2) is 8.42 Å². The van der Waals surface area contributed by atoms with Crippen LogP contribution in [0.4, 0.5) is 0 Å². The fourth-order valence-corrected chi connectivity index (χ4v) is 3.26. The Morgan fingerprint density at radius 2 is 2.00 bits per heavy atom. The number of nitrogens with zero attached hydrogens (tertiary/aromatic N) is 1. The quantitative estimate of drug-likeness (QED) is 0.599. The van der Waals surface area contributed by atoms with E-state index in [0.717, 1.165) is 16.3 Å². The molecule has 0 radical (unpaired) electrons. The third-order valence-corrected chi connectivity index (χ3v) is 4.87. The summed E-state index contributed by atoms with van der Waals surface area (Å²) in [7, 11) is -2.31. The number of methoxy groups -OCH3 is 1. The third kappa shape index (κ3) is 2.26. The summed E-state index contributed by atoms with van der Waals surface area (Å²) in [5, 5.41) is 0. The molecule has 2 rings (SSSR count). The van der Waals surface area contributed by atoms with Crippen LogP contribution in [0.2, 0.25) is 0 Å². The molecule has 0 N–H and O–H groups in total. The maximum Gasteiger partial charge on any atom is 0.325 e. The van der Waals surface area contributed by atoms with E-state index in [-0.39, 0.29) is 11.4 Å². The molecule has 6 heteroatoms. The highest BCUT2D eigenvalue weighted by atomic mass is 32.2. The Bertz CT molecular complexity index is 550. The van der Waals surface area contributed by atoms with E-state index in [1.54, 1.807) is 24.3 Å². The van der Waals surface area contributed by atoms with Crippen molar-refractivity contribution in [2.24, 2.45) is 0 Å². The molecule has 1 aliphatic heterocycles. The number of ether oxygens (including phenoxy) is 1. The topological polar surface area (TPSA) is 63.5 Å². The first-order chi connectivity index (χ1) is 8.50. The smallest absolute Gasteiger partial charge is 0.325 e. The van der Waals surface area contributed by atoms with Gasteiger partial charge in [0, 0.05) is 6.54 Å². The molecule has 1 aliphatic rings. The molecule has 0 aliphatic carbocycles.